The SMILES string of the molecule is CC(C)CCCC(C)CCC1CCCCC1. The van der Waals surface area contributed by atoms with Crippen LogP contribution in [0.1, 0.15) is 85.0 Å². The third kappa shape index (κ3) is 6.55. The standard InChI is InChI=1S/C16H32/c1-14(2)8-7-9-15(3)12-13-16-10-5-4-6-11-16/h14-16H,4-13H2,1-3H3. The van der Waals surface area contributed by atoms with Crippen LogP contribution >= 0.6 is 0 Å². The quantitative estimate of drug-likeness (QED) is 0.512. The molecule has 1 aliphatic carbocycles. The molecule has 0 aromatic heterocycles. The molecule has 1 rings (SSSR count). The molecule has 0 N–H and O–H groups in total. The van der Waals surface area contributed by atoms with E-state index in [-0.39, 0.29) is 0 Å². The van der Waals surface area contributed by atoms with Gasteiger partial charge in [0, 0.05) is 0 Å². The second kappa shape index (κ2) is 8.14. The summed E-state index contributed by atoms with van der Waals surface area (Å²) in [5, 5.41) is 0. The Hall–Kier alpha value is 0. The lowest BCUT2D eigenvalue weighted by molar-refractivity contribution is 0.305. The van der Waals surface area contributed by atoms with E-state index in [9.17, 15) is 0 Å². The summed E-state index contributed by atoms with van der Waals surface area (Å²) in [6.07, 6.45) is 14.9. The van der Waals surface area contributed by atoms with Crippen LogP contribution in [-0.2, 0) is 0 Å². The maximum atomic E-state index is 2.46. The van der Waals surface area contributed by atoms with Crippen LogP contribution in [0.25, 0.3) is 0 Å². The first-order valence-electron chi connectivity index (χ1n) is 7.68. The summed E-state index contributed by atoms with van der Waals surface area (Å²) >= 11 is 0. The third-order valence-corrected chi connectivity index (χ3v) is 4.27. The molecule has 0 amide bonds. The fraction of sp³-hybridized carbons (Fsp3) is 1.00. The first-order chi connectivity index (χ1) is 7.68. The Balaban J connectivity index is 1.98. The van der Waals surface area contributed by atoms with Crippen LogP contribution in [0.3, 0.4) is 0 Å². The first kappa shape index (κ1) is 14.1. The number of hydrogen-bond donors (Lipinski definition) is 0. The van der Waals surface area contributed by atoms with Gasteiger partial charge in [-0.2, -0.15) is 0 Å². The first-order valence-corrected chi connectivity index (χ1v) is 7.68. The molecule has 1 atom stereocenters. The molecule has 0 aromatic rings. The number of hydrogen-bond acceptors (Lipinski definition) is 0. The van der Waals surface area contributed by atoms with E-state index in [0.29, 0.717) is 0 Å². The molecule has 1 saturated carbocycles. The van der Waals surface area contributed by atoms with E-state index < -0.39 is 0 Å². The van der Waals surface area contributed by atoms with Gasteiger partial charge in [-0.1, -0.05) is 85.0 Å². The number of rotatable bonds is 7. The summed E-state index contributed by atoms with van der Waals surface area (Å²) in [5.41, 5.74) is 0. The Bertz CT molecular complexity index is 153. The molecule has 96 valence electrons. The van der Waals surface area contributed by atoms with Gasteiger partial charge in [-0.25, -0.2) is 0 Å². The predicted octanol–water partition coefficient (Wildman–Crippen LogP) is 5.81. The lowest BCUT2D eigenvalue weighted by Gasteiger charge is -2.23. The zero-order valence-corrected chi connectivity index (χ0v) is 11.8. The van der Waals surface area contributed by atoms with Crippen molar-refractivity contribution in [2.45, 2.75) is 85.0 Å². The van der Waals surface area contributed by atoms with Gasteiger partial charge in [0.05, 0.1) is 0 Å². The maximum absolute atomic E-state index is 2.46. The topological polar surface area (TPSA) is 0 Å². The van der Waals surface area contributed by atoms with Crippen molar-refractivity contribution >= 4 is 0 Å². The fourth-order valence-corrected chi connectivity index (χ4v) is 3.01. The van der Waals surface area contributed by atoms with E-state index in [2.05, 4.69) is 20.8 Å². The second-order valence-electron chi connectivity index (χ2n) is 6.51. The Morgan fingerprint density at radius 1 is 0.875 bits per heavy atom. The zero-order chi connectivity index (χ0) is 11.8. The minimum absolute atomic E-state index is 0.894. The van der Waals surface area contributed by atoms with Crippen molar-refractivity contribution in [3.8, 4) is 0 Å². The van der Waals surface area contributed by atoms with Gasteiger partial charge in [0.15, 0.2) is 0 Å². The minimum Gasteiger partial charge on any atom is -0.0628 e. The highest BCUT2D eigenvalue weighted by atomic mass is 14.2. The van der Waals surface area contributed by atoms with Gasteiger partial charge in [0.2, 0.25) is 0 Å². The molecule has 1 fully saturated rings. The predicted molar refractivity (Wildman–Crippen MR) is 73.7 cm³/mol. The van der Waals surface area contributed by atoms with Crippen LogP contribution < -0.4 is 0 Å². The zero-order valence-electron chi connectivity index (χ0n) is 11.8. The molecule has 1 unspecified atom stereocenters. The molecular formula is C16H32. The van der Waals surface area contributed by atoms with Crippen LogP contribution in [0.4, 0.5) is 0 Å². The van der Waals surface area contributed by atoms with Gasteiger partial charge in [-0.05, 0) is 17.8 Å². The van der Waals surface area contributed by atoms with Crippen LogP contribution in [0, 0.1) is 17.8 Å². The van der Waals surface area contributed by atoms with E-state index in [1.165, 1.54) is 64.2 Å². The minimum atomic E-state index is 0.894. The molecule has 0 aliphatic heterocycles. The van der Waals surface area contributed by atoms with Crippen molar-refractivity contribution in [1.29, 1.82) is 0 Å². The smallest absolute Gasteiger partial charge is 0.0414 e. The Labute approximate surface area is 103 Å². The molecule has 16 heavy (non-hydrogen) atoms. The van der Waals surface area contributed by atoms with Crippen LogP contribution in [-0.4, -0.2) is 0 Å². The van der Waals surface area contributed by atoms with E-state index in [1.807, 2.05) is 0 Å². The average molecular weight is 224 g/mol. The molecule has 0 spiro atoms. The largest absolute Gasteiger partial charge is 0.0628 e. The monoisotopic (exact) mass is 224 g/mol. The van der Waals surface area contributed by atoms with Crippen molar-refractivity contribution in [3.63, 3.8) is 0 Å². The Kier molecular flexibility index (Phi) is 7.16. The van der Waals surface area contributed by atoms with E-state index in [0.717, 1.165) is 17.8 Å². The summed E-state index contributed by atoms with van der Waals surface area (Å²) in [7, 11) is 0. The van der Waals surface area contributed by atoms with Crippen molar-refractivity contribution < 1.29 is 0 Å². The van der Waals surface area contributed by atoms with Crippen molar-refractivity contribution in [2.24, 2.45) is 17.8 Å². The Morgan fingerprint density at radius 2 is 1.56 bits per heavy atom. The van der Waals surface area contributed by atoms with Crippen molar-refractivity contribution in [1.82, 2.24) is 0 Å². The normalized spacial score (nSPS) is 20.2. The highest BCUT2D eigenvalue weighted by Crippen LogP contribution is 2.29. The summed E-state index contributed by atoms with van der Waals surface area (Å²) in [5.74, 6) is 2.95. The van der Waals surface area contributed by atoms with Gasteiger partial charge in [0.25, 0.3) is 0 Å². The maximum Gasteiger partial charge on any atom is -0.0414 e. The second-order valence-corrected chi connectivity index (χ2v) is 6.51. The van der Waals surface area contributed by atoms with Gasteiger partial charge < -0.3 is 0 Å². The average Bonchev–Trinajstić information content (AvgIpc) is 2.27. The third-order valence-electron chi connectivity index (χ3n) is 4.27. The summed E-state index contributed by atoms with van der Waals surface area (Å²) in [6, 6.07) is 0. The molecule has 0 radical (unpaired) electrons. The molecular weight excluding hydrogens is 192 g/mol. The van der Waals surface area contributed by atoms with E-state index in [4.69, 9.17) is 0 Å². The molecule has 1 aliphatic rings. The highest BCUT2D eigenvalue weighted by molar-refractivity contribution is 4.67. The molecule has 0 nitrogen and oxygen atoms in total. The molecule has 0 bridgehead atoms. The highest BCUT2D eigenvalue weighted by Gasteiger charge is 2.14. The van der Waals surface area contributed by atoms with E-state index in [1.54, 1.807) is 0 Å². The van der Waals surface area contributed by atoms with Gasteiger partial charge in [-0.3, -0.25) is 0 Å². The fourth-order valence-electron chi connectivity index (χ4n) is 3.01. The lowest BCUT2D eigenvalue weighted by atomic mass is 9.83. The summed E-state index contributed by atoms with van der Waals surface area (Å²) in [4.78, 5) is 0. The summed E-state index contributed by atoms with van der Waals surface area (Å²) in [6.45, 7) is 7.14. The van der Waals surface area contributed by atoms with Gasteiger partial charge in [-0.15, -0.1) is 0 Å². The molecule has 0 aromatic carbocycles. The van der Waals surface area contributed by atoms with Crippen LogP contribution in [0.15, 0.2) is 0 Å². The van der Waals surface area contributed by atoms with Crippen molar-refractivity contribution in [3.05, 3.63) is 0 Å². The Morgan fingerprint density at radius 3 is 2.19 bits per heavy atom. The van der Waals surface area contributed by atoms with Gasteiger partial charge >= 0.3 is 0 Å². The molecule has 0 saturated heterocycles. The van der Waals surface area contributed by atoms with Crippen molar-refractivity contribution in [2.75, 3.05) is 0 Å². The van der Waals surface area contributed by atoms with Crippen LogP contribution in [0.5, 0.6) is 0 Å². The van der Waals surface area contributed by atoms with Gasteiger partial charge in [0.1, 0.15) is 0 Å². The molecule has 0 heterocycles. The van der Waals surface area contributed by atoms with E-state index >= 15 is 0 Å². The van der Waals surface area contributed by atoms with Crippen LogP contribution in [0.2, 0.25) is 0 Å². The lowest BCUT2D eigenvalue weighted by Crippen LogP contribution is -2.08. The molecule has 0 heteroatoms. The summed E-state index contributed by atoms with van der Waals surface area (Å²) < 4.78 is 0.